The minimum absolute atomic E-state index is 0.0218. The van der Waals surface area contributed by atoms with Crippen molar-refractivity contribution in [2.45, 2.75) is 123 Å². The molecule has 0 bridgehead atoms. The van der Waals surface area contributed by atoms with Gasteiger partial charge in [0.25, 0.3) is 0 Å². The van der Waals surface area contributed by atoms with Gasteiger partial charge in [-0.2, -0.15) is 0 Å². The molecule has 2 rings (SSSR count). The number of carbonyl (C=O) groups excluding carboxylic acids is 5. The number of methoxy groups -OCH3 is 2. The molecule has 0 spiro atoms. The molecule has 12 nitrogen and oxygen atoms in total. The second kappa shape index (κ2) is 20.8. The Morgan fingerprint density at radius 2 is 1.48 bits per heavy atom. The molecule has 0 radical (unpaired) electrons. The Kier molecular flexibility index (Phi) is 17.9. The van der Waals surface area contributed by atoms with Crippen LogP contribution in [-0.4, -0.2) is 128 Å². The van der Waals surface area contributed by atoms with Crippen molar-refractivity contribution in [3.63, 3.8) is 0 Å². The molecule has 1 aromatic carbocycles. The van der Waals surface area contributed by atoms with Crippen molar-refractivity contribution >= 4 is 29.4 Å². The zero-order valence-electron chi connectivity index (χ0n) is 34.0. The minimum Gasteiger partial charge on any atom is -0.379 e. The molecule has 1 aliphatic heterocycles. The van der Waals surface area contributed by atoms with Gasteiger partial charge in [0.2, 0.25) is 23.6 Å². The third-order valence-electron chi connectivity index (χ3n) is 10.8. The summed E-state index contributed by atoms with van der Waals surface area (Å²) in [7, 11) is 8.53. The van der Waals surface area contributed by atoms with Gasteiger partial charge in [0.05, 0.1) is 48.7 Å². The monoisotopic (exact) mass is 730 g/mol. The molecule has 1 fully saturated rings. The van der Waals surface area contributed by atoms with Crippen molar-refractivity contribution in [1.82, 2.24) is 25.3 Å². The molecule has 1 aliphatic rings. The van der Waals surface area contributed by atoms with E-state index in [-0.39, 0.29) is 59.6 Å². The first kappa shape index (κ1) is 44.8. The number of carbonyl (C=O) groups is 5. The van der Waals surface area contributed by atoms with Crippen LogP contribution in [0.3, 0.4) is 0 Å². The summed E-state index contributed by atoms with van der Waals surface area (Å²) in [5.41, 5.74) is 0.517. The third-order valence-corrected chi connectivity index (χ3v) is 10.8. The van der Waals surface area contributed by atoms with Gasteiger partial charge < -0.3 is 29.9 Å². The first-order valence-electron chi connectivity index (χ1n) is 18.9. The van der Waals surface area contributed by atoms with Gasteiger partial charge in [-0.3, -0.25) is 28.9 Å². The number of likely N-dealkylation sites (tertiary alicyclic amines) is 1. The summed E-state index contributed by atoms with van der Waals surface area (Å²) >= 11 is 0. The van der Waals surface area contributed by atoms with E-state index < -0.39 is 42.3 Å². The molecule has 0 saturated carbocycles. The maximum atomic E-state index is 14.2. The first-order chi connectivity index (χ1) is 24.4. The van der Waals surface area contributed by atoms with Crippen LogP contribution in [-0.2, 0) is 28.7 Å². The van der Waals surface area contributed by atoms with Crippen molar-refractivity contribution in [2.75, 3.05) is 41.9 Å². The lowest BCUT2D eigenvalue weighted by Gasteiger charge is -2.41. The van der Waals surface area contributed by atoms with Crippen molar-refractivity contribution in [2.24, 2.45) is 23.7 Å². The van der Waals surface area contributed by atoms with Gasteiger partial charge in [-0.15, -0.1) is 0 Å². The summed E-state index contributed by atoms with van der Waals surface area (Å²) in [4.78, 5) is 73.4. The topological polar surface area (TPSA) is 138 Å². The molecule has 0 aliphatic carbocycles. The number of benzene rings is 1. The van der Waals surface area contributed by atoms with Gasteiger partial charge in [-0.1, -0.05) is 85.2 Å². The highest BCUT2D eigenvalue weighted by Gasteiger charge is 2.43. The van der Waals surface area contributed by atoms with Crippen LogP contribution >= 0.6 is 0 Å². The van der Waals surface area contributed by atoms with Crippen molar-refractivity contribution in [3.8, 4) is 0 Å². The Hall–Kier alpha value is -3.35. The lowest BCUT2D eigenvalue weighted by atomic mass is 9.89. The Balaban J connectivity index is 2.26. The number of likely N-dealkylation sites (N-methyl/N-ethyl adjacent to an activating group) is 2. The Morgan fingerprint density at radius 3 is 1.98 bits per heavy atom. The quantitative estimate of drug-likeness (QED) is 0.192. The van der Waals surface area contributed by atoms with Crippen LogP contribution in [0.1, 0.15) is 91.4 Å². The molecule has 52 heavy (non-hydrogen) atoms. The van der Waals surface area contributed by atoms with Gasteiger partial charge in [-0.25, -0.2) is 0 Å². The number of amides is 4. The highest BCUT2D eigenvalue weighted by Crippen LogP contribution is 2.30. The summed E-state index contributed by atoms with van der Waals surface area (Å²) in [5, 5.41) is 5.88. The number of nitrogens with zero attached hydrogens (tertiary/aromatic N) is 3. The van der Waals surface area contributed by atoms with Gasteiger partial charge in [0.1, 0.15) is 6.04 Å². The van der Waals surface area contributed by atoms with Gasteiger partial charge in [-0.05, 0) is 51.6 Å². The third kappa shape index (κ3) is 11.3. The highest BCUT2D eigenvalue weighted by atomic mass is 16.5. The normalized spacial score (nSPS) is 19.4. The number of ketones is 1. The summed E-state index contributed by atoms with van der Waals surface area (Å²) in [5.74, 6) is -1.89. The van der Waals surface area contributed by atoms with E-state index in [2.05, 4.69) is 10.6 Å². The minimum atomic E-state index is -0.762. The molecule has 8 unspecified atom stereocenters. The fourth-order valence-corrected chi connectivity index (χ4v) is 7.67. The van der Waals surface area contributed by atoms with Gasteiger partial charge >= 0.3 is 0 Å². The van der Waals surface area contributed by atoms with Crippen LogP contribution in [0.25, 0.3) is 0 Å². The van der Waals surface area contributed by atoms with E-state index in [0.29, 0.717) is 18.5 Å². The fraction of sp³-hybridized carbons (Fsp3) is 0.725. The van der Waals surface area contributed by atoms with Crippen LogP contribution < -0.4 is 10.6 Å². The average Bonchev–Trinajstić information content (AvgIpc) is 3.59. The maximum absolute atomic E-state index is 14.2. The largest absolute Gasteiger partial charge is 0.379 e. The molecule has 4 amide bonds. The van der Waals surface area contributed by atoms with E-state index in [1.165, 1.54) is 7.11 Å². The van der Waals surface area contributed by atoms with Crippen LogP contribution in [0, 0.1) is 23.7 Å². The summed E-state index contributed by atoms with van der Waals surface area (Å²) in [6.07, 6.45) is 0.935. The summed E-state index contributed by atoms with van der Waals surface area (Å²) < 4.78 is 11.9. The molecule has 1 heterocycles. The standard InChI is InChI=1S/C40H67N5O7/c1-14-26(6)35(44(11)40(50)33(24(2)3)42-39(49)34(25(4)5)43(9)10)31(51-12)23-32(46)45-22-18-21-30(45)37(52-13)27(7)38(48)41-28(8)36(47)29-19-16-15-17-20-29/h15-17,19-20,24-28,30-31,33-35,37H,14,18,21-23H2,1-13H3,(H,41,48)(H,42,49)/t26?,27?,28?,30-,31?,33?,34?,35?,37?/m0/s1. The van der Waals surface area contributed by atoms with Crippen molar-refractivity contribution < 1.29 is 33.4 Å². The molecular weight excluding hydrogens is 662 g/mol. The highest BCUT2D eigenvalue weighted by molar-refractivity contribution is 6.01. The summed E-state index contributed by atoms with van der Waals surface area (Å²) in [6, 6.07) is 6.13. The Labute approximate surface area is 312 Å². The first-order valence-corrected chi connectivity index (χ1v) is 18.9. The van der Waals surface area contributed by atoms with Crippen LogP contribution in [0.5, 0.6) is 0 Å². The van der Waals surface area contributed by atoms with Crippen LogP contribution in [0.4, 0.5) is 0 Å². The molecule has 1 aromatic rings. The van der Waals surface area contributed by atoms with Crippen molar-refractivity contribution in [3.05, 3.63) is 35.9 Å². The molecule has 12 heteroatoms. The zero-order valence-corrected chi connectivity index (χ0v) is 34.0. The number of nitrogens with one attached hydrogen (secondary N) is 2. The predicted molar refractivity (Wildman–Crippen MR) is 204 cm³/mol. The number of rotatable bonds is 20. The molecular formula is C40H67N5O7. The SMILES string of the molecule is CCC(C)C(C(CC(=O)N1CCC[C@H]1C(OC)C(C)C(=O)NC(C)C(=O)c1ccccc1)OC)N(C)C(=O)C(NC(=O)C(C(C)C)N(C)C)C(C)C. The number of Topliss-reactive ketones (excluding diaryl/α,β-unsaturated/α-hetero) is 1. The van der Waals surface area contributed by atoms with Crippen LogP contribution in [0.2, 0.25) is 0 Å². The van der Waals surface area contributed by atoms with E-state index in [1.54, 1.807) is 62.1 Å². The van der Waals surface area contributed by atoms with E-state index in [1.807, 2.05) is 66.6 Å². The van der Waals surface area contributed by atoms with E-state index in [9.17, 15) is 24.0 Å². The second-order valence-corrected chi connectivity index (χ2v) is 15.4. The number of hydrogen-bond acceptors (Lipinski definition) is 8. The maximum Gasteiger partial charge on any atom is 0.245 e. The smallest absolute Gasteiger partial charge is 0.245 e. The number of ether oxygens (including phenoxy) is 2. The lowest BCUT2D eigenvalue weighted by molar-refractivity contribution is -0.148. The Bertz CT molecular complexity index is 1310. The molecule has 9 atom stereocenters. The van der Waals surface area contributed by atoms with Gasteiger partial charge in [0.15, 0.2) is 5.78 Å². The Morgan fingerprint density at radius 1 is 0.865 bits per heavy atom. The molecule has 1 saturated heterocycles. The summed E-state index contributed by atoms with van der Waals surface area (Å²) in [6.45, 7) is 15.8. The van der Waals surface area contributed by atoms with E-state index in [4.69, 9.17) is 9.47 Å². The number of hydrogen-bond donors (Lipinski definition) is 2. The van der Waals surface area contributed by atoms with E-state index in [0.717, 1.165) is 12.8 Å². The predicted octanol–water partition coefficient (Wildman–Crippen LogP) is 4.02. The van der Waals surface area contributed by atoms with Crippen LogP contribution in [0.15, 0.2) is 30.3 Å². The van der Waals surface area contributed by atoms with Crippen molar-refractivity contribution in [1.29, 1.82) is 0 Å². The van der Waals surface area contributed by atoms with Gasteiger partial charge in [0, 0.05) is 33.4 Å². The zero-order chi connectivity index (χ0) is 39.4. The molecule has 2 N–H and O–H groups in total. The average molecular weight is 730 g/mol. The lowest BCUT2D eigenvalue weighted by Crippen LogP contribution is -2.59. The molecule has 0 aromatic heterocycles. The molecule has 294 valence electrons. The fourth-order valence-electron chi connectivity index (χ4n) is 7.67. The second-order valence-electron chi connectivity index (χ2n) is 15.4. The van der Waals surface area contributed by atoms with E-state index >= 15 is 0 Å².